The molecule has 1 N–H and O–H groups in total. The van der Waals surface area contributed by atoms with Gasteiger partial charge in [-0.3, -0.25) is 0 Å². The van der Waals surface area contributed by atoms with Crippen LogP contribution in [-0.2, 0) is 0 Å². The largest absolute Gasteiger partial charge is 0.353 e. The molecule has 0 aliphatic carbocycles. The number of hydrogen-bond acceptors (Lipinski definition) is 1. The maximum absolute atomic E-state index is 3.85. The molecule has 2 heterocycles. The van der Waals surface area contributed by atoms with E-state index in [0.29, 0.717) is 0 Å². The maximum Gasteiger partial charge on any atom is 0.0724 e. The van der Waals surface area contributed by atoms with Gasteiger partial charge < -0.3 is 14.5 Å². The van der Waals surface area contributed by atoms with Crippen LogP contribution in [0.2, 0.25) is 0 Å². The van der Waals surface area contributed by atoms with Crippen molar-refractivity contribution < 1.29 is 0 Å². The second-order valence-electron chi connectivity index (χ2n) is 13.1. The lowest BCUT2D eigenvalue weighted by atomic mass is 9.99. The minimum absolute atomic E-state index is 1.09. The van der Waals surface area contributed by atoms with E-state index in [0.717, 1.165) is 33.8 Å². The van der Waals surface area contributed by atoms with Crippen molar-refractivity contribution in [2.75, 3.05) is 4.90 Å². The topological polar surface area (TPSA) is 24.0 Å². The first-order chi connectivity index (χ1) is 25.3. The first kappa shape index (κ1) is 29.1. The molecule has 0 amide bonds. The molecule has 3 nitrogen and oxygen atoms in total. The maximum atomic E-state index is 3.85. The summed E-state index contributed by atoms with van der Waals surface area (Å²) in [6.07, 6.45) is 0. The number of benzene rings is 8. The van der Waals surface area contributed by atoms with E-state index in [-0.39, 0.29) is 0 Å². The van der Waals surface area contributed by atoms with Crippen molar-refractivity contribution in [3.63, 3.8) is 0 Å². The molecule has 0 radical (unpaired) electrons. The van der Waals surface area contributed by atoms with Gasteiger partial charge in [-0.2, -0.15) is 0 Å². The van der Waals surface area contributed by atoms with E-state index >= 15 is 0 Å². The normalized spacial score (nSPS) is 11.5. The molecule has 10 rings (SSSR count). The third-order valence-corrected chi connectivity index (χ3v) is 10.1. The summed E-state index contributed by atoms with van der Waals surface area (Å²) in [5.41, 5.74) is 13.8. The summed E-state index contributed by atoms with van der Waals surface area (Å²) in [6.45, 7) is 0. The highest BCUT2D eigenvalue weighted by Crippen LogP contribution is 2.44. The molecule has 0 unspecified atom stereocenters. The summed E-state index contributed by atoms with van der Waals surface area (Å²) in [6, 6.07) is 69.8. The fourth-order valence-electron chi connectivity index (χ4n) is 7.84. The van der Waals surface area contributed by atoms with E-state index in [1.807, 2.05) is 0 Å². The number of H-pyrrole nitrogens is 1. The van der Waals surface area contributed by atoms with E-state index in [4.69, 9.17) is 0 Å². The molecule has 0 atom stereocenters. The van der Waals surface area contributed by atoms with Crippen molar-refractivity contribution in [3.05, 3.63) is 194 Å². The second kappa shape index (κ2) is 11.9. The molecule has 240 valence electrons. The predicted molar refractivity (Wildman–Crippen MR) is 216 cm³/mol. The van der Waals surface area contributed by atoms with Crippen LogP contribution in [0.5, 0.6) is 0 Å². The number of aromatic amines is 1. The Kier molecular flexibility index (Phi) is 6.81. The van der Waals surface area contributed by atoms with Gasteiger partial charge in [0.1, 0.15) is 0 Å². The number of nitrogens with zero attached hydrogens (tertiary/aromatic N) is 2. The Labute approximate surface area is 296 Å². The van der Waals surface area contributed by atoms with Crippen LogP contribution < -0.4 is 4.90 Å². The first-order valence-electron chi connectivity index (χ1n) is 17.4. The van der Waals surface area contributed by atoms with Gasteiger partial charge in [-0.25, -0.2) is 0 Å². The molecule has 0 spiro atoms. The number of para-hydroxylation sites is 3. The lowest BCUT2D eigenvalue weighted by Gasteiger charge is -2.27. The van der Waals surface area contributed by atoms with Gasteiger partial charge in [0, 0.05) is 44.1 Å². The van der Waals surface area contributed by atoms with Crippen LogP contribution in [0.1, 0.15) is 0 Å². The number of anilines is 3. The Morgan fingerprint density at radius 3 is 1.80 bits per heavy atom. The Morgan fingerprint density at radius 1 is 0.392 bits per heavy atom. The van der Waals surface area contributed by atoms with Gasteiger partial charge >= 0.3 is 0 Å². The van der Waals surface area contributed by atoms with Crippen LogP contribution in [-0.4, -0.2) is 9.55 Å². The summed E-state index contributed by atoms with van der Waals surface area (Å²) in [4.78, 5) is 6.24. The fourth-order valence-corrected chi connectivity index (χ4v) is 7.84. The van der Waals surface area contributed by atoms with Gasteiger partial charge in [0.25, 0.3) is 0 Å². The van der Waals surface area contributed by atoms with E-state index < -0.39 is 0 Å². The minimum atomic E-state index is 1.09. The number of nitrogens with one attached hydrogen (secondary N) is 1. The third-order valence-electron chi connectivity index (χ3n) is 10.1. The summed E-state index contributed by atoms with van der Waals surface area (Å²) >= 11 is 0. The number of rotatable bonds is 6. The zero-order chi connectivity index (χ0) is 33.7. The first-order valence-corrected chi connectivity index (χ1v) is 17.4. The molecule has 0 aliphatic rings. The standard InChI is InChI=1S/C48H33N3/c1-4-16-33(17-5-1)35-20-14-23-37(30-35)50(36-21-8-3-9-22-36)38-31-42-40-24-10-12-27-43(40)49-48(42)46(32-38)51-44-28-13-11-25-41(44)47-39(26-15-29-45(47)51)34-18-6-2-7-19-34/h1-32,49H. The van der Waals surface area contributed by atoms with Gasteiger partial charge in [0.2, 0.25) is 0 Å². The number of fused-ring (bicyclic) bond motifs is 6. The zero-order valence-corrected chi connectivity index (χ0v) is 27.9. The molecular formula is C48H33N3. The summed E-state index contributed by atoms with van der Waals surface area (Å²) in [7, 11) is 0. The Hall–Kier alpha value is -6.84. The van der Waals surface area contributed by atoms with Crippen molar-refractivity contribution in [1.82, 2.24) is 9.55 Å². The molecule has 51 heavy (non-hydrogen) atoms. The lowest BCUT2D eigenvalue weighted by molar-refractivity contribution is 1.18. The van der Waals surface area contributed by atoms with Crippen LogP contribution in [0, 0.1) is 0 Å². The van der Waals surface area contributed by atoms with E-state index in [9.17, 15) is 0 Å². The van der Waals surface area contributed by atoms with Crippen LogP contribution >= 0.6 is 0 Å². The van der Waals surface area contributed by atoms with Crippen molar-refractivity contribution in [1.29, 1.82) is 0 Å². The summed E-state index contributed by atoms with van der Waals surface area (Å²) < 4.78 is 2.46. The molecule has 3 heteroatoms. The number of hydrogen-bond donors (Lipinski definition) is 1. The molecule has 0 saturated heterocycles. The highest BCUT2D eigenvalue weighted by molar-refractivity contribution is 6.18. The highest BCUT2D eigenvalue weighted by Gasteiger charge is 2.22. The van der Waals surface area contributed by atoms with Crippen LogP contribution in [0.15, 0.2) is 194 Å². The molecular weight excluding hydrogens is 619 g/mol. The van der Waals surface area contributed by atoms with Crippen LogP contribution in [0.25, 0.3) is 71.6 Å². The number of aromatic nitrogens is 2. The Balaban J connectivity index is 1.30. The Morgan fingerprint density at radius 2 is 1.00 bits per heavy atom. The third kappa shape index (κ3) is 4.82. The van der Waals surface area contributed by atoms with Crippen molar-refractivity contribution in [2.45, 2.75) is 0 Å². The molecule has 8 aromatic carbocycles. The van der Waals surface area contributed by atoms with Crippen molar-refractivity contribution >= 4 is 60.7 Å². The SMILES string of the molecule is c1ccc(-c2cccc(N(c3ccccc3)c3cc(-n4c5ccccc5c5c(-c6ccccc6)cccc54)c4[nH]c5ccccc5c4c3)c2)cc1. The van der Waals surface area contributed by atoms with E-state index in [1.165, 1.54) is 54.8 Å². The van der Waals surface area contributed by atoms with Gasteiger partial charge in [-0.1, -0.05) is 140 Å². The van der Waals surface area contributed by atoms with Crippen LogP contribution in [0.4, 0.5) is 17.1 Å². The predicted octanol–water partition coefficient (Wildman–Crippen LogP) is 13.2. The monoisotopic (exact) mass is 651 g/mol. The Bertz CT molecular complexity index is 2850. The second-order valence-corrected chi connectivity index (χ2v) is 13.1. The molecule has 0 fully saturated rings. The van der Waals surface area contributed by atoms with Gasteiger partial charge in [0.05, 0.1) is 22.2 Å². The smallest absolute Gasteiger partial charge is 0.0724 e. The quantitative estimate of drug-likeness (QED) is 0.190. The molecule has 2 aromatic heterocycles. The fraction of sp³-hybridized carbons (Fsp3) is 0. The van der Waals surface area contributed by atoms with Gasteiger partial charge in [-0.15, -0.1) is 0 Å². The van der Waals surface area contributed by atoms with Gasteiger partial charge in [0.15, 0.2) is 0 Å². The molecule has 0 bridgehead atoms. The molecule has 0 aliphatic heterocycles. The van der Waals surface area contributed by atoms with Crippen LogP contribution in [0.3, 0.4) is 0 Å². The van der Waals surface area contributed by atoms with Crippen molar-refractivity contribution in [3.8, 4) is 27.9 Å². The molecule has 0 saturated carbocycles. The highest BCUT2D eigenvalue weighted by atomic mass is 15.1. The van der Waals surface area contributed by atoms with E-state index in [2.05, 4.69) is 209 Å². The lowest BCUT2D eigenvalue weighted by Crippen LogP contribution is -2.11. The average molecular weight is 652 g/mol. The van der Waals surface area contributed by atoms with E-state index in [1.54, 1.807) is 0 Å². The minimum Gasteiger partial charge on any atom is -0.353 e. The van der Waals surface area contributed by atoms with Crippen molar-refractivity contribution in [2.24, 2.45) is 0 Å². The summed E-state index contributed by atoms with van der Waals surface area (Å²) in [5, 5.41) is 4.87. The summed E-state index contributed by atoms with van der Waals surface area (Å²) in [5.74, 6) is 0. The zero-order valence-electron chi connectivity index (χ0n) is 27.9. The molecule has 10 aromatic rings. The van der Waals surface area contributed by atoms with Gasteiger partial charge in [-0.05, 0) is 76.9 Å². The average Bonchev–Trinajstić information content (AvgIpc) is 3.75.